The van der Waals surface area contributed by atoms with Crippen LogP contribution in [0.5, 0.6) is 0 Å². The predicted octanol–water partition coefficient (Wildman–Crippen LogP) is 0.526. The Morgan fingerprint density at radius 3 is 2.47 bits per heavy atom. The van der Waals surface area contributed by atoms with Crippen molar-refractivity contribution in [3.05, 3.63) is 0 Å². The van der Waals surface area contributed by atoms with Crippen molar-refractivity contribution in [2.45, 2.75) is 57.3 Å². The Kier molecular flexibility index (Phi) is 12.0. The minimum atomic E-state index is -0.677. The normalized spacial score (nSPS) is 23.6. The van der Waals surface area contributed by atoms with E-state index in [4.69, 9.17) is 9.47 Å². The fourth-order valence-electron chi connectivity index (χ4n) is 4.11. The van der Waals surface area contributed by atoms with Gasteiger partial charge in [-0.25, -0.2) is 0 Å². The van der Waals surface area contributed by atoms with Gasteiger partial charge in [0.15, 0.2) is 0 Å². The van der Waals surface area contributed by atoms with Gasteiger partial charge in [0.2, 0.25) is 23.6 Å². The van der Waals surface area contributed by atoms with Crippen LogP contribution in [-0.4, -0.2) is 91.4 Å². The maximum Gasteiger partial charge on any atom is 0.249 e. The Morgan fingerprint density at radius 1 is 1.12 bits per heavy atom. The number of amides is 4. The monoisotopic (exact) mass is 499 g/mol. The highest BCUT2D eigenvalue weighted by molar-refractivity contribution is 8.00. The first-order valence-corrected chi connectivity index (χ1v) is 12.9. The molecule has 1 saturated carbocycles. The van der Waals surface area contributed by atoms with Gasteiger partial charge < -0.3 is 20.1 Å². The number of nitrogens with one attached hydrogen (secondary N) is 2. The number of ketones is 1. The van der Waals surface area contributed by atoms with E-state index in [1.54, 1.807) is 14.0 Å². The summed E-state index contributed by atoms with van der Waals surface area (Å²) in [6.45, 7) is 4.36. The smallest absolute Gasteiger partial charge is 0.249 e. The summed E-state index contributed by atoms with van der Waals surface area (Å²) in [6.07, 6.45) is 2.82. The molecule has 11 heteroatoms. The first-order chi connectivity index (χ1) is 16.2. The molecule has 0 bridgehead atoms. The molecule has 10 nitrogen and oxygen atoms in total. The highest BCUT2D eigenvalue weighted by atomic mass is 32.2. The molecular weight excluding hydrogens is 462 g/mol. The van der Waals surface area contributed by atoms with Crippen molar-refractivity contribution >= 4 is 41.2 Å². The summed E-state index contributed by atoms with van der Waals surface area (Å²) in [7, 11) is 1.65. The van der Waals surface area contributed by atoms with Crippen molar-refractivity contribution in [3.8, 4) is 0 Å². The van der Waals surface area contributed by atoms with Gasteiger partial charge in [-0.1, -0.05) is 0 Å². The molecule has 1 saturated heterocycles. The van der Waals surface area contributed by atoms with Crippen LogP contribution >= 0.6 is 11.8 Å². The molecule has 4 amide bonds. The minimum Gasteiger partial charge on any atom is -0.378 e. The zero-order chi connectivity index (χ0) is 25.1. The van der Waals surface area contributed by atoms with Crippen LogP contribution in [0.15, 0.2) is 0 Å². The van der Waals surface area contributed by atoms with Crippen molar-refractivity contribution in [1.29, 1.82) is 0 Å². The summed E-state index contributed by atoms with van der Waals surface area (Å²) in [4.78, 5) is 60.9. The van der Waals surface area contributed by atoms with Crippen LogP contribution in [0.25, 0.3) is 0 Å². The molecule has 0 spiro atoms. The molecule has 2 atom stereocenters. The fourth-order valence-corrected chi connectivity index (χ4v) is 5.14. The molecule has 0 aromatic heterocycles. The maximum absolute atomic E-state index is 12.7. The third-order valence-corrected chi connectivity index (χ3v) is 7.30. The van der Waals surface area contributed by atoms with Gasteiger partial charge in [0.25, 0.3) is 0 Å². The summed E-state index contributed by atoms with van der Waals surface area (Å²) in [5.41, 5.74) is 0. The van der Waals surface area contributed by atoms with Gasteiger partial charge in [-0.2, -0.15) is 0 Å². The van der Waals surface area contributed by atoms with Crippen molar-refractivity contribution in [2.75, 3.05) is 45.7 Å². The predicted molar refractivity (Wildman–Crippen MR) is 127 cm³/mol. The number of ether oxygens (including phenoxy) is 2. The standard InChI is InChI=1S/C23H37N3O7S/c1-15(27)13-25-21(29)16(2)33-9-8-32-10-11-34-19-12-20(28)26(23(19)31)14-17-4-6-18(7-5-17)22(30)24-3/h16-19H,4-14H2,1-3H3,(H,24,30)(H,25,29)/t16-,17?,18?,19?/m1/s1. The molecule has 2 rings (SSSR count). The van der Waals surface area contributed by atoms with E-state index in [2.05, 4.69) is 10.6 Å². The van der Waals surface area contributed by atoms with Crippen LogP contribution in [0.2, 0.25) is 0 Å². The molecule has 1 heterocycles. The van der Waals surface area contributed by atoms with E-state index in [1.165, 1.54) is 23.6 Å². The van der Waals surface area contributed by atoms with E-state index in [-0.39, 0.29) is 66.1 Å². The van der Waals surface area contributed by atoms with E-state index in [9.17, 15) is 24.0 Å². The van der Waals surface area contributed by atoms with Crippen LogP contribution in [0, 0.1) is 11.8 Å². The lowest BCUT2D eigenvalue weighted by Gasteiger charge is -2.29. The number of carbonyl (C=O) groups excluding carboxylic acids is 5. The Bertz CT molecular complexity index is 740. The quantitative estimate of drug-likeness (QED) is 0.261. The topological polar surface area (TPSA) is 131 Å². The number of rotatable bonds is 14. The number of likely N-dealkylation sites (tertiary alicyclic amines) is 1. The second-order valence-electron chi connectivity index (χ2n) is 8.78. The SMILES string of the molecule is CNC(=O)C1CCC(CN2C(=O)CC(SCCOCCO[C@H](C)C(=O)NCC(C)=O)C2=O)CC1. The number of hydrogen-bond acceptors (Lipinski definition) is 8. The highest BCUT2D eigenvalue weighted by Crippen LogP contribution is 2.32. The number of carbonyl (C=O) groups is 5. The summed E-state index contributed by atoms with van der Waals surface area (Å²) >= 11 is 1.42. The first-order valence-electron chi connectivity index (χ1n) is 11.9. The lowest BCUT2D eigenvalue weighted by molar-refractivity contribution is -0.139. The molecule has 0 aromatic rings. The van der Waals surface area contributed by atoms with Crippen LogP contribution in [0.3, 0.4) is 0 Å². The number of imide groups is 1. The largest absolute Gasteiger partial charge is 0.378 e. The fraction of sp³-hybridized carbons (Fsp3) is 0.783. The summed E-state index contributed by atoms with van der Waals surface area (Å²) in [5, 5.41) is 4.80. The van der Waals surface area contributed by atoms with Gasteiger partial charge in [0.05, 0.1) is 31.6 Å². The molecule has 1 unspecified atom stereocenters. The Hall–Kier alpha value is -1.98. The molecule has 34 heavy (non-hydrogen) atoms. The summed E-state index contributed by atoms with van der Waals surface area (Å²) < 4.78 is 10.9. The molecule has 2 fully saturated rings. The van der Waals surface area contributed by atoms with Crippen molar-refractivity contribution < 1.29 is 33.4 Å². The van der Waals surface area contributed by atoms with Gasteiger partial charge in [0.1, 0.15) is 11.9 Å². The van der Waals surface area contributed by atoms with E-state index in [1.807, 2.05) is 0 Å². The Labute approximate surface area is 205 Å². The highest BCUT2D eigenvalue weighted by Gasteiger charge is 2.40. The second kappa shape index (κ2) is 14.4. The molecule has 2 N–H and O–H groups in total. The molecule has 2 aliphatic rings. The molecular formula is C23H37N3O7S. The zero-order valence-corrected chi connectivity index (χ0v) is 21.1. The van der Waals surface area contributed by atoms with Crippen LogP contribution in [-0.2, 0) is 33.4 Å². The summed E-state index contributed by atoms with van der Waals surface area (Å²) in [6, 6.07) is 0. The van der Waals surface area contributed by atoms with Crippen LogP contribution < -0.4 is 10.6 Å². The van der Waals surface area contributed by atoms with Gasteiger partial charge in [-0.15, -0.1) is 11.8 Å². The molecule has 1 aliphatic heterocycles. The maximum atomic E-state index is 12.7. The number of nitrogens with zero attached hydrogens (tertiary/aromatic N) is 1. The third-order valence-electron chi connectivity index (χ3n) is 6.13. The average Bonchev–Trinajstić information content (AvgIpc) is 3.09. The van der Waals surface area contributed by atoms with Gasteiger partial charge in [-0.3, -0.25) is 28.9 Å². The number of thioether (sulfide) groups is 1. The summed E-state index contributed by atoms with van der Waals surface area (Å²) in [5.74, 6) is 0.209. The molecule has 0 aromatic carbocycles. The average molecular weight is 500 g/mol. The first kappa shape index (κ1) is 28.3. The Balaban J connectivity index is 1.58. The van der Waals surface area contributed by atoms with Crippen LogP contribution in [0.4, 0.5) is 0 Å². The van der Waals surface area contributed by atoms with Crippen molar-refractivity contribution in [2.24, 2.45) is 11.8 Å². The van der Waals surface area contributed by atoms with Crippen molar-refractivity contribution in [1.82, 2.24) is 15.5 Å². The van der Waals surface area contributed by atoms with Gasteiger partial charge in [0, 0.05) is 31.7 Å². The van der Waals surface area contributed by atoms with Gasteiger partial charge >= 0.3 is 0 Å². The number of hydrogen-bond donors (Lipinski definition) is 2. The van der Waals surface area contributed by atoms with Crippen molar-refractivity contribution in [3.63, 3.8) is 0 Å². The van der Waals surface area contributed by atoms with E-state index < -0.39 is 6.10 Å². The van der Waals surface area contributed by atoms with Crippen LogP contribution in [0.1, 0.15) is 46.0 Å². The minimum absolute atomic E-state index is 0.0150. The molecule has 1 aliphatic carbocycles. The molecule has 192 valence electrons. The van der Waals surface area contributed by atoms with E-state index >= 15 is 0 Å². The van der Waals surface area contributed by atoms with E-state index in [0.29, 0.717) is 25.5 Å². The van der Waals surface area contributed by atoms with E-state index in [0.717, 1.165) is 25.7 Å². The third kappa shape index (κ3) is 8.99. The number of Topliss-reactive ketones (excluding diaryl/α,β-unsaturated/α-hetero) is 1. The van der Waals surface area contributed by atoms with Gasteiger partial charge in [-0.05, 0) is 45.4 Å². The zero-order valence-electron chi connectivity index (χ0n) is 20.3. The molecule has 0 radical (unpaired) electrons. The Morgan fingerprint density at radius 2 is 1.82 bits per heavy atom. The second-order valence-corrected chi connectivity index (χ2v) is 10.1. The lowest BCUT2D eigenvalue weighted by atomic mass is 9.81. The lowest BCUT2D eigenvalue weighted by Crippen LogP contribution is -2.38.